The Kier molecular flexibility index (Phi) is 4.18. The van der Waals surface area contributed by atoms with Gasteiger partial charge >= 0.3 is 0 Å². The molecule has 0 fully saturated rings. The van der Waals surface area contributed by atoms with E-state index in [1.807, 2.05) is 0 Å². The van der Waals surface area contributed by atoms with Crippen LogP contribution in [0.5, 0.6) is 0 Å². The van der Waals surface area contributed by atoms with Gasteiger partial charge in [0.05, 0.1) is 24.3 Å². The van der Waals surface area contributed by atoms with Crippen LogP contribution >= 0.6 is 34.3 Å². The first kappa shape index (κ1) is 16.4. The minimum atomic E-state index is -3.27. The Morgan fingerprint density at radius 2 is 1.96 bits per heavy atom. The summed E-state index contributed by atoms with van der Waals surface area (Å²) < 4.78 is 26.3. The molecule has 5 nitrogen and oxygen atoms in total. The molecule has 1 aromatic carbocycles. The highest BCUT2D eigenvalue weighted by Crippen LogP contribution is 2.23. The molecule has 0 N–H and O–H groups in total. The van der Waals surface area contributed by atoms with Crippen LogP contribution in [0.4, 0.5) is 0 Å². The van der Waals surface area contributed by atoms with Crippen LogP contribution in [0.15, 0.2) is 40.2 Å². The van der Waals surface area contributed by atoms with Crippen molar-refractivity contribution >= 4 is 60.2 Å². The smallest absolute Gasteiger partial charge is 0.289 e. The molecule has 2 heterocycles. The van der Waals surface area contributed by atoms with Gasteiger partial charge in [-0.2, -0.15) is 4.99 Å². The number of thiophene rings is 1. The molecule has 1 amide bonds. The molecule has 23 heavy (non-hydrogen) atoms. The number of thiazole rings is 1. The summed E-state index contributed by atoms with van der Waals surface area (Å²) in [6.45, 7) is 0. The van der Waals surface area contributed by atoms with Gasteiger partial charge in [-0.25, -0.2) is 8.42 Å². The Morgan fingerprint density at radius 1 is 1.22 bits per heavy atom. The first-order valence-electron chi connectivity index (χ1n) is 6.40. The molecule has 0 saturated carbocycles. The Bertz CT molecular complexity index is 1090. The molecule has 0 aliphatic rings. The molecule has 3 aromatic rings. The van der Waals surface area contributed by atoms with Crippen molar-refractivity contribution in [1.82, 2.24) is 4.57 Å². The molecular formula is C14H11ClN2O3S3. The van der Waals surface area contributed by atoms with Crippen LogP contribution in [0, 0.1) is 0 Å². The first-order chi connectivity index (χ1) is 10.8. The van der Waals surface area contributed by atoms with Crippen LogP contribution in [-0.4, -0.2) is 25.1 Å². The van der Waals surface area contributed by atoms with E-state index in [1.165, 1.54) is 22.7 Å². The molecule has 3 rings (SSSR count). The summed E-state index contributed by atoms with van der Waals surface area (Å²) in [5, 5.41) is 0. The molecule has 0 aliphatic carbocycles. The van der Waals surface area contributed by atoms with Crippen molar-refractivity contribution in [3.05, 3.63) is 44.3 Å². The molecule has 0 saturated heterocycles. The van der Waals surface area contributed by atoms with Gasteiger partial charge in [-0.05, 0) is 30.3 Å². The average Bonchev–Trinajstić information content (AvgIpc) is 3.03. The summed E-state index contributed by atoms with van der Waals surface area (Å²) in [6.07, 6.45) is 1.16. The zero-order valence-corrected chi connectivity index (χ0v) is 15.3. The van der Waals surface area contributed by atoms with Gasteiger partial charge in [-0.3, -0.25) is 4.79 Å². The van der Waals surface area contributed by atoms with Gasteiger partial charge < -0.3 is 4.57 Å². The second-order valence-corrected chi connectivity index (χ2v) is 9.61. The van der Waals surface area contributed by atoms with Gasteiger partial charge in [-0.15, -0.1) is 11.3 Å². The highest BCUT2D eigenvalue weighted by Gasteiger charge is 2.12. The Hall–Kier alpha value is -1.48. The molecule has 0 atom stereocenters. The zero-order chi connectivity index (χ0) is 16.8. The summed E-state index contributed by atoms with van der Waals surface area (Å²) >= 11 is 8.27. The average molecular weight is 387 g/mol. The van der Waals surface area contributed by atoms with Crippen molar-refractivity contribution in [2.45, 2.75) is 4.90 Å². The summed E-state index contributed by atoms with van der Waals surface area (Å²) in [5.41, 5.74) is 0.818. The van der Waals surface area contributed by atoms with Gasteiger partial charge in [0, 0.05) is 13.3 Å². The van der Waals surface area contributed by atoms with E-state index >= 15 is 0 Å². The topological polar surface area (TPSA) is 68.5 Å². The third-order valence-electron chi connectivity index (χ3n) is 3.19. The fourth-order valence-corrected chi connectivity index (χ4v) is 4.73. The maximum absolute atomic E-state index is 12.2. The third-order valence-corrected chi connectivity index (χ3v) is 6.61. The Morgan fingerprint density at radius 3 is 2.57 bits per heavy atom. The second-order valence-electron chi connectivity index (χ2n) is 4.87. The van der Waals surface area contributed by atoms with Crippen LogP contribution in [0.25, 0.3) is 10.2 Å². The van der Waals surface area contributed by atoms with Crippen LogP contribution in [-0.2, 0) is 16.9 Å². The summed E-state index contributed by atoms with van der Waals surface area (Å²) in [7, 11) is -1.49. The van der Waals surface area contributed by atoms with Gasteiger partial charge in [0.25, 0.3) is 5.91 Å². The number of fused-ring (bicyclic) bond motifs is 1. The van der Waals surface area contributed by atoms with Gasteiger partial charge in [0.15, 0.2) is 14.6 Å². The Labute approximate surface area is 145 Å². The Balaban J connectivity index is 2.13. The number of nitrogens with zero attached hydrogens (tertiary/aromatic N) is 2. The van der Waals surface area contributed by atoms with E-state index in [1.54, 1.807) is 41.9 Å². The van der Waals surface area contributed by atoms with Gasteiger partial charge in [0.2, 0.25) is 0 Å². The lowest BCUT2D eigenvalue weighted by Gasteiger charge is -1.99. The summed E-state index contributed by atoms with van der Waals surface area (Å²) in [6, 6.07) is 8.15. The maximum Gasteiger partial charge on any atom is 0.289 e. The third kappa shape index (κ3) is 3.25. The lowest BCUT2D eigenvalue weighted by atomic mass is 10.3. The normalized spacial score (nSPS) is 12.9. The predicted molar refractivity (Wildman–Crippen MR) is 93.1 cm³/mol. The van der Waals surface area contributed by atoms with Crippen LogP contribution < -0.4 is 4.80 Å². The number of hydrogen-bond acceptors (Lipinski definition) is 5. The summed E-state index contributed by atoms with van der Waals surface area (Å²) in [5.74, 6) is -0.368. The molecular weight excluding hydrogens is 376 g/mol. The monoisotopic (exact) mass is 386 g/mol. The lowest BCUT2D eigenvalue weighted by molar-refractivity contribution is 0.100. The minimum Gasteiger partial charge on any atom is -0.319 e. The van der Waals surface area contributed by atoms with Crippen LogP contribution in [0.1, 0.15) is 9.67 Å². The van der Waals surface area contributed by atoms with E-state index in [9.17, 15) is 13.2 Å². The van der Waals surface area contributed by atoms with Gasteiger partial charge in [0.1, 0.15) is 0 Å². The lowest BCUT2D eigenvalue weighted by Crippen LogP contribution is -2.12. The number of aromatic nitrogens is 1. The van der Waals surface area contributed by atoms with E-state index < -0.39 is 9.84 Å². The van der Waals surface area contributed by atoms with E-state index in [0.717, 1.165) is 16.5 Å². The number of benzene rings is 1. The molecule has 0 unspecified atom stereocenters. The summed E-state index contributed by atoms with van der Waals surface area (Å²) in [4.78, 5) is 17.5. The van der Waals surface area contributed by atoms with Crippen molar-refractivity contribution in [2.24, 2.45) is 12.0 Å². The number of rotatable bonds is 2. The highest BCUT2D eigenvalue weighted by molar-refractivity contribution is 7.90. The highest BCUT2D eigenvalue weighted by atomic mass is 35.5. The van der Waals surface area contributed by atoms with Crippen LogP contribution in [0.2, 0.25) is 4.34 Å². The van der Waals surface area contributed by atoms with Crippen molar-refractivity contribution in [2.75, 3.05) is 6.26 Å². The molecule has 9 heteroatoms. The molecule has 0 aliphatic heterocycles. The zero-order valence-electron chi connectivity index (χ0n) is 12.1. The van der Waals surface area contributed by atoms with E-state index in [2.05, 4.69) is 4.99 Å². The van der Waals surface area contributed by atoms with Crippen molar-refractivity contribution in [3.8, 4) is 0 Å². The number of aryl methyl sites for hydroxylation is 1. The first-order valence-corrected chi connectivity index (χ1v) is 10.3. The van der Waals surface area contributed by atoms with E-state index in [0.29, 0.717) is 14.0 Å². The van der Waals surface area contributed by atoms with Crippen LogP contribution in [0.3, 0.4) is 0 Å². The fourth-order valence-electron chi connectivity index (χ4n) is 2.02. The molecule has 120 valence electrons. The minimum absolute atomic E-state index is 0.245. The second kappa shape index (κ2) is 5.86. The van der Waals surface area contributed by atoms with E-state index in [-0.39, 0.29) is 10.8 Å². The largest absolute Gasteiger partial charge is 0.319 e. The van der Waals surface area contributed by atoms with Crippen molar-refractivity contribution < 1.29 is 13.2 Å². The van der Waals surface area contributed by atoms with E-state index in [4.69, 9.17) is 11.6 Å². The number of sulfone groups is 1. The number of carbonyl (C=O) groups excluding carboxylic acids is 1. The number of halogens is 1. The predicted octanol–water partition coefficient (Wildman–Crippen LogP) is 3.10. The molecule has 0 spiro atoms. The standard InChI is InChI=1S/C14H11ClN2O3S3/c1-17-9-4-3-8(23(2,19)20)7-11(9)22-14(17)16-13(18)10-5-6-12(15)21-10/h3-7H,1-2H3. The number of amides is 1. The fraction of sp³-hybridized carbons (Fsp3) is 0.143. The molecule has 2 aromatic heterocycles. The quantitative estimate of drug-likeness (QED) is 0.679. The molecule has 0 bridgehead atoms. The number of carbonyl (C=O) groups is 1. The van der Waals surface area contributed by atoms with Gasteiger partial charge in [-0.1, -0.05) is 22.9 Å². The molecule has 0 radical (unpaired) electrons. The number of hydrogen-bond donors (Lipinski definition) is 0. The van der Waals surface area contributed by atoms with Crippen molar-refractivity contribution in [3.63, 3.8) is 0 Å². The maximum atomic E-state index is 12.2. The SMILES string of the molecule is Cn1c(=NC(=O)c2ccc(Cl)s2)sc2cc(S(C)(=O)=O)ccc21. The van der Waals surface area contributed by atoms with Crippen molar-refractivity contribution in [1.29, 1.82) is 0 Å².